The predicted octanol–water partition coefficient (Wildman–Crippen LogP) is 1.04. The zero-order valence-electron chi connectivity index (χ0n) is 20.5. The van der Waals surface area contributed by atoms with Crippen molar-refractivity contribution in [3.63, 3.8) is 0 Å². The van der Waals surface area contributed by atoms with E-state index in [1.54, 1.807) is 37.3 Å². The smallest absolute Gasteiger partial charge is 0.330 e. The Hall–Kier alpha value is -2.38. The number of hydrogen-bond acceptors (Lipinski definition) is 10. The zero-order valence-corrected chi connectivity index (χ0v) is 22.2. The number of unbranched alkanes of at least 4 members (excludes halogenated alkanes) is 1. The molecule has 4 N–H and O–H groups in total. The van der Waals surface area contributed by atoms with Gasteiger partial charge < -0.3 is 28.7 Å². The van der Waals surface area contributed by atoms with Crippen LogP contribution in [-0.4, -0.2) is 63.8 Å². The molecule has 1 saturated heterocycles. The highest BCUT2D eigenvalue weighted by atomic mass is 32.5. The first-order valence-electron chi connectivity index (χ1n) is 11.9. The molecule has 0 radical (unpaired) electrons. The second-order valence-corrected chi connectivity index (χ2v) is 11.6. The van der Waals surface area contributed by atoms with E-state index in [4.69, 9.17) is 30.3 Å². The van der Waals surface area contributed by atoms with E-state index in [1.165, 1.54) is 6.20 Å². The largest absolute Gasteiger partial charge is 0.465 e. The Morgan fingerprint density at radius 2 is 2.03 bits per heavy atom. The molecule has 2 heterocycles. The van der Waals surface area contributed by atoms with Crippen molar-refractivity contribution in [3.05, 3.63) is 63.4 Å². The molecule has 0 aliphatic carbocycles. The quantitative estimate of drug-likeness (QED) is 0.158. The van der Waals surface area contributed by atoms with Gasteiger partial charge in [0.05, 0.1) is 25.9 Å². The molecular formula is C23H32N3O9PS. The number of aromatic nitrogens is 2. The maximum Gasteiger partial charge on any atom is 0.330 e. The van der Waals surface area contributed by atoms with Crippen LogP contribution in [0.1, 0.15) is 32.9 Å². The lowest BCUT2D eigenvalue weighted by molar-refractivity contribution is -0.145. The van der Waals surface area contributed by atoms with E-state index in [1.807, 2.05) is 6.92 Å². The average molecular weight is 558 g/mol. The molecule has 2 aromatic rings. The maximum atomic E-state index is 12.4. The number of para-hydroxylation sites is 1. The van der Waals surface area contributed by atoms with E-state index in [0.29, 0.717) is 5.75 Å². The average Bonchev–Trinajstić information content (AvgIpc) is 3.18. The number of aromatic amines is 1. The summed E-state index contributed by atoms with van der Waals surface area (Å²) in [4.78, 5) is 38.1. The van der Waals surface area contributed by atoms with Gasteiger partial charge in [0, 0.05) is 18.2 Å². The molecule has 14 heteroatoms. The number of aliphatic hydroxyl groups is 2. The fourth-order valence-electron chi connectivity index (χ4n) is 3.65. The van der Waals surface area contributed by atoms with Gasteiger partial charge in [-0.05, 0) is 37.3 Å². The van der Waals surface area contributed by atoms with Gasteiger partial charge in [0.2, 0.25) is 0 Å². The van der Waals surface area contributed by atoms with E-state index >= 15 is 0 Å². The molecule has 0 spiro atoms. The van der Waals surface area contributed by atoms with Crippen molar-refractivity contribution in [2.75, 3.05) is 19.8 Å². The first-order chi connectivity index (χ1) is 17.7. The van der Waals surface area contributed by atoms with Crippen LogP contribution in [0.15, 0.2) is 52.2 Å². The highest BCUT2D eigenvalue weighted by Crippen LogP contribution is 2.46. The van der Waals surface area contributed by atoms with Crippen molar-refractivity contribution in [2.24, 2.45) is 5.92 Å². The Kier molecular flexibility index (Phi) is 10.6. The van der Waals surface area contributed by atoms with Crippen LogP contribution in [0.25, 0.3) is 0 Å². The van der Waals surface area contributed by atoms with Crippen LogP contribution >= 0.6 is 6.64 Å². The molecule has 12 nitrogen and oxygen atoms in total. The van der Waals surface area contributed by atoms with Crippen molar-refractivity contribution < 1.29 is 33.5 Å². The van der Waals surface area contributed by atoms with Gasteiger partial charge in [0.15, 0.2) is 6.23 Å². The van der Waals surface area contributed by atoms with Crippen molar-refractivity contribution in [1.82, 2.24) is 14.6 Å². The minimum atomic E-state index is -3.38. The molecule has 1 aliphatic rings. The number of benzene rings is 1. The summed E-state index contributed by atoms with van der Waals surface area (Å²) in [6.45, 7) is -0.243. The molecule has 0 amide bonds. The molecule has 6 unspecified atom stereocenters. The molecular weight excluding hydrogens is 525 g/mol. The third-order valence-corrected chi connectivity index (χ3v) is 8.18. The molecule has 6 atom stereocenters. The van der Waals surface area contributed by atoms with Crippen LogP contribution in [0.2, 0.25) is 0 Å². The predicted molar refractivity (Wildman–Crippen MR) is 138 cm³/mol. The number of carbonyl (C=O) groups excluding carboxylic acids is 1. The lowest BCUT2D eigenvalue weighted by Crippen LogP contribution is -2.37. The van der Waals surface area contributed by atoms with Crippen molar-refractivity contribution in [2.45, 2.75) is 51.2 Å². The number of carbonyl (C=O) groups is 1. The number of hydrogen-bond donors (Lipinski definition) is 4. The van der Waals surface area contributed by atoms with E-state index in [9.17, 15) is 24.6 Å². The van der Waals surface area contributed by atoms with Gasteiger partial charge in [0.1, 0.15) is 17.9 Å². The molecule has 0 bridgehead atoms. The van der Waals surface area contributed by atoms with Crippen LogP contribution in [0.4, 0.5) is 0 Å². The minimum Gasteiger partial charge on any atom is -0.465 e. The van der Waals surface area contributed by atoms with Gasteiger partial charge in [-0.3, -0.25) is 19.1 Å². The normalized spacial score (nSPS) is 23.8. The number of esters is 1. The van der Waals surface area contributed by atoms with Gasteiger partial charge in [-0.1, -0.05) is 31.5 Å². The first kappa shape index (κ1) is 29.2. The highest BCUT2D eigenvalue weighted by molar-refractivity contribution is 8.09. The zero-order chi connectivity index (χ0) is 27.0. The molecule has 3 rings (SSSR count). The standard InChI is InChI=1S/C23H32N3O9PS/c1-3-4-12-32-22(30)15(2)25-36(37,35-16-8-6-5-7-9-16)33-14-18-17(13-27)20(29)21(34-18)26-11-10-19(28)24-23(26)31/h5-11,15,17-18,20-21,27,29H,3-4,12-14H2,1-2H3,(H,25,37)(H,24,28,31). The lowest BCUT2D eigenvalue weighted by Gasteiger charge is -2.28. The third-order valence-electron chi connectivity index (χ3n) is 5.68. The third kappa shape index (κ3) is 7.81. The molecule has 37 heavy (non-hydrogen) atoms. The number of ether oxygens (including phenoxy) is 2. The van der Waals surface area contributed by atoms with Crippen LogP contribution < -0.4 is 20.9 Å². The second-order valence-electron chi connectivity index (χ2n) is 8.49. The summed E-state index contributed by atoms with van der Waals surface area (Å²) in [7, 11) is 0. The van der Waals surface area contributed by atoms with Gasteiger partial charge in [0.25, 0.3) is 5.56 Å². The van der Waals surface area contributed by atoms with Gasteiger partial charge >= 0.3 is 18.3 Å². The number of nitrogens with one attached hydrogen (secondary N) is 2. The molecule has 1 aromatic heterocycles. The fourth-order valence-corrected chi connectivity index (χ4v) is 6.07. The van der Waals surface area contributed by atoms with Crippen molar-refractivity contribution >= 4 is 24.4 Å². The SMILES string of the molecule is CCCCOC(=O)C(C)NP(=S)(OCC1OC(n2ccc(=O)[nH]c2=O)C(O)C1CO)Oc1ccccc1. The summed E-state index contributed by atoms with van der Waals surface area (Å²) in [6, 6.07) is 8.94. The summed E-state index contributed by atoms with van der Waals surface area (Å²) < 4.78 is 24.1. The molecule has 1 fully saturated rings. The van der Waals surface area contributed by atoms with Gasteiger partial charge in [-0.2, -0.15) is 0 Å². The summed E-state index contributed by atoms with van der Waals surface area (Å²) >= 11 is 5.68. The second kappa shape index (κ2) is 13.4. The molecule has 1 aromatic carbocycles. The van der Waals surface area contributed by atoms with Crippen LogP contribution in [0, 0.1) is 5.92 Å². The van der Waals surface area contributed by atoms with Crippen LogP contribution in [0.3, 0.4) is 0 Å². The number of aliphatic hydroxyl groups excluding tert-OH is 2. The van der Waals surface area contributed by atoms with E-state index < -0.39 is 60.9 Å². The van der Waals surface area contributed by atoms with Gasteiger partial charge in [-0.25, -0.2) is 9.88 Å². The number of nitrogens with zero attached hydrogens (tertiary/aromatic N) is 1. The number of H-pyrrole nitrogens is 1. The highest BCUT2D eigenvalue weighted by Gasteiger charge is 2.45. The number of rotatable bonds is 13. The minimum absolute atomic E-state index is 0.231. The van der Waals surface area contributed by atoms with E-state index in [-0.39, 0.29) is 13.2 Å². The van der Waals surface area contributed by atoms with Crippen molar-refractivity contribution in [3.8, 4) is 5.75 Å². The monoisotopic (exact) mass is 557 g/mol. The molecule has 204 valence electrons. The Balaban J connectivity index is 1.76. The van der Waals surface area contributed by atoms with Gasteiger partial charge in [-0.15, -0.1) is 0 Å². The summed E-state index contributed by atoms with van der Waals surface area (Å²) in [6.07, 6.45) is -0.549. The van der Waals surface area contributed by atoms with Crippen molar-refractivity contribution in [1.29, 1.82) is 0 Å². The lowest BCUT2D eigenvalue weighted by atomic mass is 9.99. The summed E-state index contributed by atoms with van der Waals surface area (Å²) in [5, 5.41) is 23.6. The fraction of sp³-hybridized carbons (Fsp3) is 0.522. The topological polar surface area (TPSA) is 161 Å². The maximum absolute atomic E-state index is 12.4. The Labute approximate surface area is 218 Å². The van der Waals surface area contributed by atoms with Crippen LogP contribution in [-0.2, 0) is 30.6 Å². The Morgan fingerprint density at radius 3 is 2.68 bits per heavy atom. The molecule has 0 saturated carbocycles. The molecule has 1 aliphatic heterocycles. The Bertz CT molecular complexity index is 1190. The summed E-state index contributed by atoms with van der Waals surface area (Å²) in [5.41, 5.74) is -1.37. The van der Waals surface area contributed by atoms with E-state index in [2.05, 4.69) is 10.1 Å². The van der Waals surface area contributed by atoms with Crippen LogP contribution in [0.5, 0.6) is 5.75 Å². The summed E-state index contributed by atoms with van der Waals surface area (Å²) in [5.74, 6) is -0.935. The Morgan fingerprint density at radius 1 is 1.30 bits per heavy atom. The van der Waals surface area contributed by atoms with E-state index in [0.717, 1.165) is 23.5 Å². The first-order valence-corrected chi connectivity index (χ1v) is 14.5.